The van der Waals surface area contributed by atoms with Crippen molar-refractivity contribution in [3.63, 3.8) is 0 Å². The van der Waals surface area contributed by atoms with E-state index in [0.717, 1.165) is 9.79 Å². The maximum absolute atomic E-state index is 12.8. The van der Waals surface area contributed by atoms with Crippen molar-refractivity contribution in [1.29, 1.82) is 0 Å². The van der Waals surface area contributed by atoms with Crippen LogP contribution in [0.3, 0.4) is 0 Å². The van der Waals surface area contributed by atoms with Crippen molar-refractivity contribution in [2.45, 2.75) is 20.8 Å². The second-order valence-electron chi connectivity index (χ2n) is 4.19. The monoisotopic (exact) mass is 361 g/mol. The molecule has 20 heavy (non-hydrogen) atoms. The smallest absolute Gasteiger partial charge is 0.170 e. The molecular weight excluding hydrogens is 349 g/mol. The molecule has 0 radical (unpaired) electrons. The molecule has 0 aliphatic heterocycles. The van der Waals surface area contributed by atoms with Gasteiger partial charge in [0.05, 0.1) is 10.9 Å². The molecule has 0 aromatic heterocycles. The normalized spacial score (nSPS) is 13.4. The van der Waals surface area contributed by atoms with E-state index in [0.29, 0.717) is 0 Å². The number of rotatable bonds is 4. The van der Waals surface area contributed by atoms with E-state index >= 15 is 0 Å². The molecule has 2 aromatic carbocycles. The fraction of sp³-hybridized carbons (Fsp3) is 0.200. The SMILES string of the molecule is FC(F)(F)C(Br)C[S+](c1ccccc1)c1ccccc1. The van der Waals surface area contributed by atoms with Gasteiger partial charge in [0, 0.05) is 0 Å². The first-order chi connectivity index (χ1) is 9.48. The van der Waals surface area contributed by atoms with Crippen molar-refractivity contribution in [2.24, 2.45) is 0 Å². The van der Waals surface area contributed by atoms with Crippen LogP contribution in [-0.4, -0.2) is 16.8 Å². The second kappa shape index (κ2) is 6.68. The van der Waals surface area contributed by atoms with Gasteiger partial charge in [-0.25, -0.2) is 0 Å². The Morgan fingerprint density at radius 1 is 0.850 bits per heavy atom. The van der Waals surface area contributed by atoms with Crippen LogP contribution in [0.4, 0.5) is 13.2 Å². The fourth-order valence-corrected chi connectivity index (χ4v) is 4.64. The van der Waals surface area contributed by atoms with Crippen LogP contribution in [0.5, 0.6) is 0 Å². The van der Waals surface area contributed by atoms with Gasteiger partial charge in [0.1, 0.15) is 5.75 Å². The molecule has 0 bridgehead atoms. The maximum Gasteiger partial charge on any atom is 0.405 e. The van der Waals surface area contributed by atoms with Crippen LogP contribution in [-0.2, 0) is 10.9 Å². The summed E-state index contributed by atoms with van der Waals surface area (Å²) in [7, 11) is -0.595. The molecular formula is C15H13BrF3S+. The maximum atomic E-state index is 12.8. The van der Waals surface area contributed by atoms with E-state index in [1.54, 1.807) is 0 Å². The molecule has 0 nitrogen and oxygen atoms in total. The van der Waals surface area contributed by atoms with Crippen molar-refractivity contribution in [1.82, 2.24) is 0 Å². The minimum absolute atomic E-state index is 0.0114. The molecule has 0 amide bonds. The lowest BCUT2D eigenvalue weighted by Crippen LogP contribution is -2.30. The summed E-state index contributed by atoms with van der Waals surface area (Å²) in [6.07, 6.45) is -4.23. The molecule has 0 saturated heterocycles. The molecule has 2 rings (SSSR count). The molecule has 106 valence electrons. The van der Waals surface area contributed by atoms with Gasteiger partial charge in [0.15, 0.2) is 14.6 Å². The number of hydrogen-bond acceptors (Lipinski definition) is 0. The average Bonchev–Trinajstić information content (AvgIpc) is 2.45. The van der Waals surface area contributed by atoms with Gasteiger partial charge in [0.25, 0.3) is 0 Å². The van der Waals surface area contributed by atoms with E-state index in [4.69, 9.17) is 0 Å². The first kappa shape index (κ1) is 15.4. The summed E-state index contributed by atoms with van der Waals surface area (Å²) in [6.45, 7) is 0. The van der Waals surface area contributed by atoms with Gasteiger partial charge in [-0.3, -0.25) is 0 Å². The van der Waals surface area contributed by atoms with Crippen LogP contribution < -0.4 is 0 Å². The third-order valence-electron chi connectivity index (χ3n) is 2.72. The minimum atomic E-state index is -4.23. The molecule has 0 heterocycles. The lowest BCUT2D eigenvalue weighted by molar-refractivity contribution is -0.122. The molecule has 0 aliphatic carbocycles. The Bertz CT molecular complexity index is 488. The summed E-state index contributed by atoms with van der Waals surface area (Å²) < 4.78 is 38.4. The molecule has 0 aliphatic rings. The summed E-state index contributed by atoms with van der Waals surface area (Å²) in [6, 6.07) is 18.7. The first-order valence-corrected chi connectivity index (χ1v) is 8.31. The standard InChI is InChI=1S/C15H13BrF3S/c16-14(15(17,18)19)11-20(12-7-3-1-4-8-12)13-9-5-2-6-10-13/h1-10,14H,11H2/q+1. The molecule has 1 atom stereocenters. The Kier molecular flexibility index (Phi) is 5.16. The summed E-state index contributed by atoms with van der Waals surface area (Å²) in [5.74, 6) is 0.0114. The van der Waals surface area contributed by atoms with Gasteiger partial charge in [-0.1, -0.05) is 52.3 Å². The third-order valence-corrected chi connectivity index (χ3v) is 6.34. The summed E-state index contributed by atoms with van der Waals surface area (Å²) in [4.78, 5) is 0.346. The lowest BCUT2D eigenvalue weighted by atomic mass is 10.4. The van der Waals surface area contributed by atoms with Crippen LogP contribution in [0.25, 0.3) is 0 Å². The first-order valence-electron chi connectivity index (χ1n) is 6.00. The molecule has 1 unspecified atom stereocenters. The van der Waals surface area contributed by atoms with Gasteiger partial charge in [-0.15, -0.1) is 0 Å². The molecule has 0 spiro atoms. The zero-order valence-corrected chi connectivity index (χ0v) is 12.9. The molecule has 0 fully saturated rings. The number of alkyl halides is 4. The van der Waals surface area contributed by atoms with Crippen molar-refractivity contribution in [3.8, 4) is 0 Å². The van der Waals surface area contributed by atoms with Crippen molar-refractivity contribution in [2.75, 3.05) is 5.75 Å². The van der Waals surface area contributed by atoms with E-state index in [1.165, 1.54) is 0 Å². The van der Waals surface area contributed by atoms with Gasteiger partial charge >= 0.3 is 6.18 Å². The highest BCUT2D eigenvalue weighted by atomic mass is 79.9. The number of halogens is 4. The highest BCUT2D eigenvalue weighted by Crippen LogP contribution is 2.32. The van der Waals surface area contributed by atoms with Crippen LogP contribution in [0, 0.1) is 0 Å². The third kappa shape index (κ3) is 4.03. The Balaban J connectivity index is 2.31. The Hall–Kier alpha value is -0.940. The predicted molar refractivity (Wildman–Crippen MR) is 80.4 cm³/mol. The quantitative estimate of drug-likeness (QED) is 0.528. The summed E-state index contributed by atoms with van der Waals surface area (Å²) in [5.41, 5.74) is 0. The van der Waals surface area contributed by atoms with E-state index in [9.17, 15) is 13.2 Å². The zero-order valence-electron chi connectivity index (χ0n) is 10.5. The van der Waals surface area contributed by atoms with Gasteiger partial charge < -0.3 is 0 Å². The molecule has 2 aromatic rings. The van der Waals surface area contributed by atoms with Crippen molar-refractivity contribution < 1.29 is 13.2 Å². The number of benzene rings is 2. The largest absolute Gasteiger partial charge is 0.405 e. The Morgan fingerprint density at radius 2 is 1.25 bits per heavy atom. The van der Waals surface area contributed by atoms with Crippen LogP contribution in [0.15, 0.2) is 70.5 Å². The van der Waals surface area contributed by atoms with E-state index in [1.807, 2.05) is 60.7 Å². The van der Waals surface area contributed by atoms with Gasteiger partial charge in [-0.2, -0.15) is 13.2 Å². The number of hydrogen-bond donors (Lipinski definition) is 0. The van der Waals surface area contributed by atoms with Crippen LogP contribution in [0.1, 0.15) is 0 Å². The zero-order chi connectivity index (χ0) is 14.6. The van der Waals surface area contributed by atoms with Crippen LogP contribution >= 0.6 is 15.9 Å². The fourth-order valence-electron chi connectivity index (χ4n) is 1.74. The second-order valence-corrected chi connectivity index (χ2v) is 7.36. The predicted octanol–water partition coefficient (Wildman–Crippen LogP) is 5.05. The summed E-state index contributed by atoms with van der Waals surface area (Å²) in [5, 5.41) is 0. The van der Waals surface area contributed by atoms with Crippen LogP contribution in [0.2, 0.25) is 0 Å². The highest BCUT2D eigenvalue weighted by molar-refractivity contribution is 9.09. The van der Waals surface area contributed by atoms with Gasteiger partial charge in [-0.05, 0) is 24.3 Å². The summed E-state index contributed by atoms with van der Waals surface area (Å²) >= 11 is 2.78. The topological polar surface area (TPSA) is 0 Å². The lowest BCUT2D eigenvalue weighted by Gasteiger charge is -2.15. The van der Waals surface area contributed by atoms with E-state index < -0.39 is 21.9 Å². The Labute approximate surface area is 127 Å². The van der Waals surface area contributed by atoms with Crippen molar-refractivity contribution in [3.05, 3.63) is 60.7 Å². The minimum Gasteiger partial charge on any atom is -0.170 e. The average molecular weight is 362 g/mol. The van der Waals surface area contributed by atoms with Gasteiger partial charge in [0.2, 0.25) is 0 Å². The molecule has 0 N–H and O–H groups in total. The molecule has 0 saturated carbocycles. The Morgan fingerprint density at radius 3 is 1.60 bits per heavy atom. The van der Waals surface area contributed by atoms with E-state index in [2.05, 4.69) is 15.9 Å². The molecule has 5 heteroatoms. The van der Waals surface area contributed by atoms with E-state index in [-0.39, 0.29) is 5.75 Å². The highest BCUT2D eigenvalue weighted by Gasteiger charge is 2.43. The van der Waals surface area contributed by atoms with Crippen molar-refractivity contribution >= 4 is 26.8 Å².